The first-order valence-electron chi connectivity index (χ1n) is 11.0. The Morgan fingerprint density at radius 3 is 2.45 bits per heavy atom. The summed E-state index contributed by atoms with van der Waals surface area (Å²) in [6, 6.07) is 10.9. The van der Waals surface area contributed by atoms with Gasteiger partial charge in [0.05, 0.1) is 11.4 Å². The number of amides is 3. The molecule has 1 aliphatic carbocycles. The number of alkyl halides is 3. The van der Waals surface area contributed by atoms with E-state index in [0.717, 1.165) is 31.2 Å². The van der Waals surface area contributed by atoms with Crippen LogP contribution in [0.15, 0.2) is 42.5 Å². The topological polar surface area (TPSA) is 61.9 Å². The molecule has 0 atom stereocenters. The highest BCUT2D eigenvalue weighted by Crippen LogP contribution is 2.33. The average Bonchev–Trinajstić information content (AvgIpc) is 2.69. The molecule has 2 aromatic rings. The van der Waals surface area contributed by atoms with E-state index >= 15 is 0 Å². The molecule has 0 aromatic heterocycles. The second-order valence-electron chi connectivity index (χ2n) is 8.54. The van der Waals surface area contributed by atoms with Gasteiger partial charge < -0.3 is 15.0 Å². The lowest BCUT2D eigenvalue weighted by atomic mass is 9.85. The van der Waals surface area contributed by atoms with Crippen LogP contribution in [0.2, 0.25) is 0 Å². The zero-order chi connectivity index (χ0) is 23.6. The Kier molecular flexibility index (Phi) is 6.49. The van der Waals surface area contributed by atoms with Crippen LogP contribution in [0.25, 0.3) is 0 Å². The van der Waals surface area contributed by atoms with Crippen molar-refractivity contribution in [2.75, 3.05) is 23.3 Å². The molecule has 0 radical (unpaired) electrons. The van der Waals surface area contributed by atoms with Crippen molar-refractivity contribution in [1.82, 2.24) is 4.90 Å². The number of ether oxygens (including phenoxy) is 1. The first-order chi connectivity index (χ1) is 15.7. The number of benzene rings is 2. The number of hydrogen-bond donors (Lipinski definition) is 1. The fourth-order valence-corrected chi connectivity index (χ4v) is 4.06. The highest BCUT2D eigenvalue weighted by atomic mass is 19.4. The van der Waals surface area contributed by atoms with Crippen molar-refractivity contribution in [2.45, 2.75) is 45.5 Å². The van der Waals surface area contributed by atoms with Crippen LogP contribution < -0.4 is 15.0 Å². The lowest BCUT2D eigenvalue weighted by Crippen LogP contribution is -2.49. The normalized spacial score (nSPS) is 17.0. The third-order valence-electron chi connectivity index (χ3n) is 6.02. The molecule has 0 spiro atoms. The van der Waals surface area contributed by atoms with E-state index in [-0.39, 0.29) is 30.2 Å². The van der Waals surface area contributed by atoms with Crippen LogP contribution in [0.4, 0.5) is 29.3 Å². The number of nitrogens with one attached hydrogen (secondary N) is 1. The van der Waals surface area contributed by atoms with Crippen molar-refractivity contribution >= 4 is 23.3 Å². The number of anilines is 2. The van der Waals surface area contributed by atoms with E-state index in [0.29, 0.717) is 30.0 Å². The van der Waals surface area contributed by atoms with Crippen molar-refractivity contribution in [3.63, 3.8) is 0 Å². The molecule has 4 rings (SSSR count). The van der Waals surface area contributed by atoms with E-state index in [1.54, 1.807) is 9.80 Å². The highest BCUT2D eigenvalue weighted by Gasteiger charge is 2.32. The number of halogens is 3. The van der Waals surface area contributed by atoms with Crippen LogP contribution >= 0.6 is 0 Å². The van der Waals surface area contributed by atoms with Crippen LogP contribution in [0.1, 0.15) is 36.8 Å². The van der Waals surface area contributed by atoms with Gasteiger partial charge in [0.25, 0.3) is 0 Å². The summed E-state index contributed by atoms with van der Waals surface area (Å²) < 4.78 is 41.0. The van der Waals surface area contributed by atoms with Crippen LogP contribution in [0.5, 0.6) is 5.75 Å². The Morgan fingerprint density at radius 1 is 1.09 bits per heavy atom. The summed E-state index contributed by atoms with van der Waals surface area (Å²) in [4.78, 5) is 29.1. The predicted molar refractivity (Wildman–Crippen MR) is 118 cm³/mol. The standard InChI is InChI=1S/C24H26F3N3O3/c1-16-6-11-21(20(14-16)28-22(31)18-4-2-5-18)30-13-3-12-29(23(30)32)15-17-7-9-19(10-8-17)33-24(25,26)27/h6-11,14,18H,2-5,12-13,15H2,1H3,(H,28,31). The lowest BCUT2D eigenvalue weighted by Gasteiger charge is -2.37. The third kappa shape index (κ3) is 5.58. The summed E-state index contributed by atoms with van der Waals surface area (Å²) in [6.07, 6.45) is -1.19. The van der Waals surface area contributed by atoms with Crippen LogP contribution in [0.3, 0.4) is 0 Å². The van der Waals surface area contributed by atoms with E-state index in [1.165, 1.54) is 24.3 Å². The molecule has 1 saturated heterocycles. The van der Waals surface area contributed by atoms with Crippen LogP contribution in [-0.2, 0) is 11.3 Å². The van der Waals surface area contributed by atoms with Gasteiger partial charge in [-0.15, -0.1) is 13.2 Å². The van der Waals surface area contributed by atoms with E-state index in [1.807, 2.05) is 25.1 Å². The summed E-state index contributed by atoms with van der Waals surface area (Å²) in [5.74, 6) is -0.295. The largest absolute Gasteiger partial charge is 0.573 e. The molecule has 1 heterocycles. The van der Waals surface area contributed by atoms with E-state index in [4.69, 9.17) is 0 Å². The third-order valence-corrected chi connectivity index (χ3v) is 6.02. The van der Waals surface area contributed by atoms with Gasteiger partial charge in [-0.2, -0.15) is 0 Å². The Morgan fingerprint density at radius 2 is 1.82 bits per heavy atom. The second kappa shape index (κ2) is 9.33. The number of urea groups is 1. The molecular formula is C24H26F3N3O3. The molecule has 1 saturated carbocycles. The summed E-state index contributed by atoms with van der Waals surface area (Å²) in [6.45, 7) is 3.24. The van der Waals surface area contributed by atoms with Crippen molar-refractivity contribution in [2.24, 2.45) is 5.92 Å². The van der Waals surface area contributed by atoms with E-state index < -0.39 is 6.36 Å². The molecule has 2 fully saturated rings. The number of hydrogen-bond acceptors (Lipinski definition) is 3. The summed E-state index contributed by atoms with van der Waals surface area (Å²) in [7, 11) is 0. The average molecular weight is 461 g/mol. The zero-order valence-electron chi connectivity index (χ0n) is 18.3. The van der Waals surface area contributed by atoms with Gasteiger partial charge in [0.1, 0.15) is 5.75 Å². The molecule has 2 aromatic carbocycles. The molecule has 3 amide bonds. The van der Waals surface area contributed by atoms with Gasteiger partial charge in [0, 0.05) is 25.6 Å². The van der Waals surface area contributed by atoms with Gasteiger partial charge >= 0.3 is 12.4 Å². The number of carbonyl (C=O) groups excluding carboxylic acids is 2. The SMILES string of the molecule is Cc1ccc(N2CCCN(Cc3ccc(OC(F)(F)F)cc3)C2=O)c(NC(=O)C2CCC2)c1. The minimum Gasteiger partial charge on any atom is -0.406 e. The summed E-state index contributed by atoms with van der Waals surface area (Å²) >= 11 is 0. The number of nitrogens with zero attached hydrogens (tertiary/aromatic N) is 2. The minimum atomic E-state index is -4.75. The molecule has 33 heavy (non-hydrogen) atoms. The maximum Gasteiger partial charge on any atom is 0.573 e. The monoisotopic (exact) mass is 461 g/mol. The number of aryl methyl sites for hydroxylation is 1. The van der Waals surface area contributed by atoms with Crippen molar-refractivity contribution < 1.29 is 27.5 Å². The Hall–Kier alpha value is -3.23. The maximum absolute atomic E-state index is 13.3. The molecule has 0 bridgehead atoms. The molecule has 6 nitrogen and oxygen atoms in total. The van der Waals surface area contributed by atoms with Gasteiger partial charge in [0.15, 0.2) is 0 Å². The predicted octanol–water partition coefficient (Wildman–Crippen LogP) is 5.46. The van der Waals surface area contributed by atoms with Crippen LogP contribution in [-0.4, -0.2) is 36.3 Å². The smallest absolute Gasteiger partial charge is 0.406 e. The fraction of sp³-hybridized carbons (Fsp3) is 0.417. The van der Waals surface area contributed by atoms with Crippen molar-refractivity contribution in [3.05, 3.63) is 53.6 Å². The number of carbonyl (C=O) groups is 2. The molecule has 9 heteroatoms. The summed E-state index contributed by atoms with van der Waals surface area (Å²) in [5.41, 5.74) is 2.94. The first kappa shape index (κ1) is 22.9. The van der Waals surface area contributed by atoms with Gasteiger partial charge in [-0.25, -0.2) is 4.79 Å². The Balaban J connectivity index is 1.48. The Bertz CT molecular complexity index is 1020. The molecule has 0 unspecified atom stereocenters. The Labute approximate surface area is 190 Å². The quantitative estimate of drug-likeness (QED) is 0.621. The fourth-order valence-electron chi connectivity index (χ4n) is 4.06. The minimum absolute atomic E-state index is 0.0180. The van der Waals surface area contributed by atoms with E-state index in [9.17, 15) is 22.8 Å². The maximum atomic E-state index is 13.3. The van der Waals surface area contributed by atoms with Crippen LogP contribution in [0, 0.1) is 12.8 Å². The van der Waals surface area contributed by atoms with E-state index in [2.05, 4.69) is 10.1 Å². The van der Waals surface area contributed by atoms with Crippen molar-refractivity contribution in [3.8, 4) is 5.75 Å². The molecular weight excluding hydrogens is 435 g/mol. The van der Waals surface area contributed by atoms with Crippen molar-refractivity contribution in [1.29, 1.82) is 0 Å². The van der Waals surface area contributed by atoms with Gasteiger partial charge in [-0.1, -0.05) is 24.6 Å². The number of rotatable bonds is 6. The summed E-state index contributed by atoms with van der Waals surface area (Å²) in [5, 5.41) is 3.00. The lowest BCUT2D eigenvalue weighted by molar-refractivity contribution is -0.274. The molecule has 2 aliphatic rings. The zero-order valence-corrected chi connectivity index (χ0v) is 18.3. The van der Waals surface area contributed by atoms with Gasteiger partial charge in [-0.3, -0.25) is 9.69 Å². The highest BCUT2D eigenvalue weighted by molar-refractivity contribution is 6.01. The molecule has 1 aliphatic heterocycles. The first-order valence-corrected chi connectivity index (χ1v) is 11.0. The van der Waals surface area contributed by atoms with Gasteiger partial charge in [-0.05, 0) is 61.6 Å². The molecule has 176 valence electrons. The molecule has 1 N–H and O–H groups in total. The van der Waals surface area contributed by atoms with Gasteiger partial charge in [0.2, 0.25) is 5.91 Å². The second-order valence-corrected chi connectivity index (χ2v) is 8.54.